The number of nitrogens with zero attached hydrogens (tertiary/aromatic N) is 3. The van der Waals surface area contributed by atoms with E-state index in [9.17, 15) is 4.79 Å². The molecule has 0 unspecified atom stereocenters. The van der Waals surface area contributed by atoms with E-state index < -0.39 is 0 Å². The first-order valence-corrected chi connectivity index (χ1v) is 6.45. The van der Waals surface area contributed by atoms with E-state index >= 15 is 0 Å². The highest BCUT2D eigenvalue weighted by molar-refractivity contribution is 7.16. The number of aryl methyl sites for hydroxylation is 1. The Labute approximate surface area is 114 Å². The first kappa shape index (κ1) is 12.9. The molecule has 96 valence electrons. The van der Waals surface area contributed by atoms with Crippen molar-refractivity contribution < 1.29 is 4.79 Å². The minimum absolute atomic E-state index is 0.148. The van der Waals surface area contributed by atoms with Crippen LogP contribution in [-0.2, 0) is 13.6 Å². The Kier molecular flexibility index (Phi) is 3.58. The molecule has 2 heterocycles. The van der Waals surface area contributed by atoms with E-state index in [0.29, 0.717) is 22.3 Å². The molecule has 0 bridgehead atoms. The normalized spacial score (nSPS) is 10.6. The quantitative estimate of drug-likeness (QED) is 0.937. The molecule has 0 saturated carbocycles. The van der Waals surface area contributed by atoms with E-state index in [0.717, 1.165) is 4.88 Å². The molecule has 0 atom stereocenters. The number of hydrogen-bond donors (Lipinski definition) is 1. The summed E-state index contributed by atoms with van der Waals surface area (Å²) in [4.78, 5) is 14.8. The molecule has 0 spiro atoms. The second-order valence-corrected chi connectivity index (χ2v) is 5.73. The fourth-order valence-electron chi connectivity index (χ4n) is 1.56. The van der Waals surface area contributed by atoms with Gasteiger partial charge in [0.25, 0.3) is 5.91 Å². The molecular weight excluding hydrogens is 272 g/mol. The van der Waals surface area contributed by atoms with Gasteiger partial charge in [-0.2, -0.15) is 5.10 Å². The highest BCUT2D eigenvalue weighted by atomic mass is 35.5. The van der Waals surface area contributed by atoms with Crippen molar-refractivity contribution in [1.29, 1.82) is 0 Å². The van der Waals surface area contributed by atoms with Crippen LogP contribution in [0.15, 0.2) is 18.3 Å². The summed E-state index contributed by atoms with van der Waals surface area (Å²) >= 11 is 7.31. The fourth-order valence-corrected chi connectivity index (χ4v) is 2.70. The highest BCUT2D eigenvalue weighted by Gasteiger charge is 2.18. The average molecular weight is 285 g/mol. The summed E-state index contributed by atoms with van der Waals surface area (Å²) in [5.41, 5.74) is 6.19. The highest BCUT2D eigenvalue weighted by Crippen LogP contribution is 2.23. The van der Waals surface area contributed by atoms with Gasteiger partial charge in [-0.3, -0.25) is 9.48 Å². The zero-order valence-electron chi connectivity index (χ0n) is 10.1. The van der Waals surface area contributed by atoms with E-state index in [-0.39, 0.29) is 5.91 Å². The lowest BCUT2D eigenvalue weighted by Gasteiger charge is -2.15. The summed E-state index contributed by atoms with van der Waals surface area (Å²) in [5, 5.41) is 3.96. The van der Waals surface area contributed by atoms with Crippen molar-refractivity contribution in [3.63, 3.8) is 0 Å². The van der Waals surface area contributed by atoms with Crippen LogP contribution in [0.5, 0.6) is 0 Å². The molecule has 7 heteroatoms. The predicted octanol–water partition coefficient (Wildman–Crippen LogP) is 1.99. The molecule has 0 aromatic carbocycles. The Hall–Kier alpha value is -1.53. The lowest BCUT2D eigenvalue weighted by atomic mass is 10.3. The van der Waals surface area contributed by atoms with Gasteiger partial charge in [-0.15, -0.1) is 11.3 Å². The first-order valence-electron chi connectivity index (χ1n) is 5.26. The number of anilines is 1. The Morgan fingerprint density at radius 1 is 1.61 bits per heavy atom. The standard InChI is InChI=1S/C11H13ClN4OS/c1-15(6-7-3-4-9(12)18-7)11(17)8-5-14-16(2)10(8)13/h3-5H,6,13H2,1-2H3. The SMILES string of the molecule is CN(Cc1ccc(Cl)s1)C(=O)c1cnn(C)c1N. The van der Waals surface area contributed by atoms with Crippen LogP contribution in [0.3, 0.4) is 0 Å². The summed E-state index contributed by atoms with van der Waals surface area (Å²) < 4.78 is 2.19. The molecule has 2 rings (SSSR count). The average Bonchev–Trinajstić information content (AvgIpc) is 2.87. The third-order valence-electron chi connectivity index (χ3n) is 2.58. The summed E-state index contributed by atoms with van der Waals surface area (Å²) in [6.07, 6.45) is 1.48. The minimum atomic E-state index is -0.148. The monoisotopic (exact) mass is 284 g/mol. The Balaban J connectivity index is 2.12. The maximum absolute atomic E-state index is 12.2. The van der Waals surface area contributed by atoms with Gasteiger partial charge in [-0.05, 0) is 12.1 Å². The van der Waals surface area contributed by atoms with Crippen LogP contribution in [0.25, 0.3) is 0 Å². The summed E-state index contributed by atoms with van der Waals surface area (Å²) in [5.74, 6) is 0.223. The van der Waals surface area contributed by atoms with Gasteiger partial charge in [0.1, 0.15) is 11.4 Å². The number of hydrogen-bond acceptors (Lipinski definition) is 4. The van der Waals surface area contributed by atoms with Crippen molar-refractivity contribution in [1.82, 2.24) is 14.7 Å². The zero-order chi connectivity index (χ0) is 13.3. The van der Waals surface area contributed by atoms with Crippen LogP contribution in [-0.4, -0.2) is 27.6 Å². The number of rotatable bonds is 3. The zero-order valence-corrected chi connectivity index (χ0v) is 11.6. The van der Waals surface area contributed by atoms with Gasteiger partial charge in [-0.25, -0.2) is 0 Å². The molecule has 2 aromatic rings. The van der Waals surface area contributed by atoms with Gasteiger partial charge in [0.2, 0.25) is 0 Å². The predicted molar refractivity (Wildman–Crippen MR) is 72.7 cm³/mol. The van der Waals surface area contributed by atoms with Crippen molar-refractivity contribution in [3.05, 3.63) is 33.1 Å². The third-order valence-corrected chi connectivity index (χ3v) is 3.80. The van der Waals surface area contributed by atoms with Gasteiger partial charge < -0.3 is 10.6 Å². The second kappa shape index (κ2) is 4.99. The van der Waals surface area contributed by atoms with Crippen LogP contribution >= 0.6 is 22.9 Å². The Morgan fingerprint density at radius 2 is 2.33 bits per heavy atom. The molecule has 0 aliphatic carbocycles. The molecule has 1 amide bonds. The molecular formula is C11H13ClN4OS. The minimum Gasteiger partial charge on any atom is -0.383 e. The molecule has 0 aliphatic rings. The van der Waals surface area contributed by atoms with Crippen molar-refractivity contribution in [2.24, 2.45) is 7.05 Å². The summed E-state index contributed by atoms with van der Waals surface area (Å²) in [6.45, 7) is 0.505. The van der Waals surface area contributed by atoms with Crippen LogP contribution in [0.2, 0.25) is 4.34 Å². The molecule has 0 saturated heterocycles. The summed E-state index contributed by atoms with van der Waals surface area (Å²) in [6, 6.07) is 3.72. The molecule has 0 fully saturated rings. The van der Waals surface area contributed by atoms with Crippen LogP contribution < -0.4 is 5.73 Å². The first-order chi connectivity index (χ1) is 8.49. The van der Waals surface area contributed by atoms with Crippen molar-refractivity contribution in [2.75, 3.05) is 12.8 Å². The van der Waals surface area contributed by atoms with Crippen molar-refractivity contribution in [3.8, 4) is 0 Å². The Morgan fingerprint density at radius 3 is 2.83 bits per heavy atom. The number of aromatic nitrogens is 2. The molecule has 2 aromatic heterocycles. The maximum atomic E-state index is 12.2. The second-order valence-electron chi connectivity index (χ2n) is 3.93. The maximum Gasteiger partial charge on any atom is 0.259 e. The molecule has 18 heavy (non-hydrogen) atoms. The van der Waals surface area contributed by atoms with Gasteiger partial charge in [-0.1, -0.05) is 11.6 Å². The van der Waals surface area contributed by atoms with Gasteiger partial charge >= 0.3 is 0 Å². The lowest BCUT2D eigenvalue weighted by molar-refractivity contribution is 0.0787. The van der Waals surface area contributed by atoms with E-state index in [1.807, 2.05) is 12.1 Å². The van der Waals surface area contributed by atoms with Crippen LogP contribution in [0, 0.1) is 0 Å². The molecule has 0 radical (unpaired) electrons. The number of thiophene rings is 1. The van der Waals surface area contributed by atoms with Crippen molar-refractivity contribution in [2.45, 2.75) is 6.54 Å². The van der Waals surface area contributed by atoms with Gasteiger partial charge in [0, 0.05) is 19.0 Å². The van der Waals surface area contributed by atoms with Crippen LogP contribution in [0.4, 0.5) is 5.82 Å². The number of nitrogens with two attached hydrogens (primary N) is 1. The lowest BCUT2D eigenvalue weighted by Crippen LogP contribution is -2.26. The summed E-state index contributed by atoms with van der Waals surface area (Å²) in [7, 11) is 3.42. The number of nitrogen functional groups attached to an aromatic ring is 1. The van der Waals surface area contributed by atoms with E-state index in [1.54, 1.807) is 19.0 Å². The fraction of sp³-hybridized carbons (Fsp3) is 0.273. The van der Waals surface area contributed by atoms with Crippen molar-refractivity contribution >= 4 is 34.7 Å². The number of carbonyl (C=O) groups excluding carboxylic acids is 1. The number of amides is 1. The van der Waals surface area contributed by atoms with Gasteiger partial charge in [0.15, 0.2) is 0 Å². The topological polar surface area (TPSA) is 64.2 Å². The van der Waals surface area contributed by atoms with Gasteiger partial charge in [0.05, 0.1) is 17.1 Å². The Bertz CT molecular complexity index is 577. The number of carbonyl (C=O) groups is 1. The van der Waals surface area contributed by atoms with Crippen LogP contribution in [0.1, 0.15) is 15.2 Å². The van der Waals surface area contributed by atoms with E-state index in [4.69, 9.17) is 17.3 Å². The van der Waals surface area contributed by atoms with E-state index in [2.05, 4.69) is 5.10 Å². The molecule has 2 N–H and O–H groups in total. The smallest absolute Gasteiger partial charge is 0.259 e. The molecule has 0 aliphatic heterocycles. The largest absolute Gasteiger partial charge is 0.383 e. The number of halogens is 1. The molecule has 5 nitrogen and oxygen atoms in total. The third kappa shape index (κ3) is 2.49. The van der Waals surface area contributed by atoms with E-state index in [1.165, 1.54) is 22.2 Å².